The van der Waals surface area contributed by atoms with Crippen LogP contribution in [0.5, 0.6) is 5.75 Å². The quantitative estimate of drug-likeness (QED) is 0.793. The normalized spacial score (nSPS) is 10.2. The summed E-state index contributed by atoms with van der Waals surface area (Å²) in [6.07, 6.45) is 0. The third kappa shape index (κ3) is 2.97. The smallest absolute Gasteiger partial charge is 0.138 e. The van der Waals surface area contributed by atoms with Gasteiger partial charge in [0.15, 0.2) is 0 Å². The van der Waals surface area contributed by atoms with Crippen LogP contribution in [0.15, 0.2) is 42.5 Å². The molecule has 0 unspecified atom stereocenters. The largest absolute Gasteiger partial charge is 0.506 e. The van der Waals surface area contributed by atoms with Crippen LogP contribution < -0.4 is 5.32 Å². The van der Waals surface area contributed by atoms with Crippen molar-refractivity contribution in [3.63, 3.8) is 0 Å². The monoisotopic (exact) mass is 231 g/mol. The molecule has 0 aliphatic carbocycles. The minimum atomic E-state index is -0.243. The number of anilines is 1. The summed E-state index contributed by atoms with van der Waals surface area (Å²) < 4.78 is 12.7. The number of benzene rings is 2. The van der Waals surface area contributed by atoms with E-state index in [0.717, 1.165) is 11.1 Å². The molecule has 0 fully saturated rings. The van der Waals surface area contributed by atoms with Crippen molar-refractivity contribution in [1.82, 2.24) is 0 Å². The molecule has 2 aromatic carbocycles. The summed E-state index contributed by atoms with van der Waals surface area (Å²) in [5, 5.41) is 12.8. The van der Waals surface area contributed by atoms with Gasteiger partial charge in [0.25, 0.3) is 0 Å². The van der Waals surface area contributed by atoms with Gasteiger partial charge >= 0.3 is 0 Å². The maximum atomic E-state index is 12.7. The Hall–Kier alpha value is -2.03. The summed E-state index contributed by atoms with van der Waals surface area (Å²) in [6, 6.07) is 11.7. The molecule has 0 atom stereocenters. The van der Waals surface area contributed by atoms with Crippen molar-refractivity contribution in [2.45, 2.75) is 13.5 Å². The summed E-state index contributed by atoms with van der Waals surface area (Å²) >= 11 is 0. The first kappa shape index (κ1) is 11.5. The number of aromatic hydroxyl groups is 1. The van der Waals surface area contributed by atoms with Crippen molar-refractivity contribution in [2.75, 3.05) is 5.32 Å². The van der Waals surface area contributed by atoms with E-state index in [9.17, 15) is 9.50 Å². The number of phenolic OH excluding ortho intramolecular Hbond substituents is 1. The molecule has 88 valence electrons. The number of rotatable bonds is 3. The van der Waals surface area contributed by atoms with Gasteiger partial charge in [-0.05, 0) is 42.3 Å². The van der Waals surface area contributed by atoms with E-state index < -0.39 is 0 Å². The highest BCUT2D eigenvalue weighted by molar-refractivity contribution is 5.57. The second kappa shape index (κ2) is 4.87. The van der Waals surface area contributed by atoms with Crippen molar-refractivity contribution in [3.8, 4) is 5.75 Å². The van der Waals surface area contributed by atoms with Crippen molar-refractivity contribution in [3.05, 3.63) is 59.4 Å². The van der Waals surface area contributed by atoms with Crippen LogP contribution in [0, 0.1) is 12.7 Å². The molecule has 2 rings (SSSR count). The first-order chi connectivity index (χ1) is 8.15. The number of halogens is 1. The molecular formula is C14H14FNO. The minimum absolute atomic E-state index is 0.220. The molecule has 0 aromatic heterocycles. The number of nitrogens with one attached hydrogen (secondary N) is 1. The Morgan fingerprint density at radius 2 is 1.82 bits per heavy atom. The fourth-order valence-corrected chi connectivity index (χ4v) is 1.59. The third-order valence-electron chi connectivity index (χ3n) is 2.55. The molecule has 2 aromatic rings. The van der Waals surface area contributed by atoms with Crippen LogP contribution in [0.4, 0.5) is 10.1 Å². The average molecular weight is 231 g/mol. The van der Waals surface area contributed by atoms with Crippen molar-refractivity contribution in [1.29, 1.82) is 0 Å². The van der Waals surface area contributed by atoms with Crippen LogP contribution >= 0.6 is 0 Å². The van der Waals surface area contributed by atoms with Gasteiger partial charge in [-0.25, -0.2) is 4.39 Å². The van der Waals surface area contributed by atoms with Crippen LogP contribution in [0.2, 0.25) is 0 Å². The molecule has 0 radical (unpaired) electrons. The van der Waals surface area contributed by atoms with Crippen LogP contribution in [-0.4, -0.2) is 5.11 Å². The molecule has 2 nitrogen and oxygen atoms in total. The van der Waals surface area contributed by atoms with E-state index in [4.69, 9.17) is 0 Å². The molecule has 3 heteroatoms. The van der Waals surface area contributed by atoms with Gasteiger partial charge in [0.1, 0.15) is 11.6 Å². The lowest BCUT2D eigenvalue weighted by Gasteiger charge is -2.09. The summed E-state index contributed by atoms with van der Waals surface area (Å²) in [4.78, 5) is 0. The fraction of sp³-hybridized carbons (Fsp3) is 0.143. The van der Waals surface area contributed by atoms with Gasteiger partial charge in [-0.3, -0.25) is 0 Å². The molecule has 2 N–H and O–H groups in total. The molecule has 0 saturated heterocycles. The van der Waals surface area contributed by atoms with Gasteiger partial charge in [-0.2, -0.15) is 0 Å². The summed E-state index contributed by atoms with van der Waals surface area (Å²) in [6.45, 7) is 2.51. The highest BCUT2D eigenvalue weighted by Gasteiger charge is 2.01. The molecule has 0 spiro atoms. The molecule has 0 aliphatic heterocycles. The first-order valence-electron chi connectivity index (χ1n) is 5.43. The second-order valence-corrected chi connectivity index (χ2v) is 4.00. The van der Waals surface area contributed by atoms with Gasteiger partial charge in [-0.15, -0.1) is 0 Å². The van der Waals surface area contributed by atoms with E-state index in [1.54, 1.807) is 18.2 Å². The summed E-state index contributed by atoms with van der Waals surface area (Å²) in [5.74, 6) is -0.0233. The zero-order chi connectivity index (χ0) is 12.3. The Morgan fingerprint density at radius 1 is 1.12 bits per heavy atom. The van der Waals surface area contributed by atoms with Gasteiger partial charge in [-0.1, -0.05) is 18.2 Å². The zero-order valence-electron chi connectivity index (χ0n) is 9.57. The van der Waals surface area contributed by atoms with Crippen LogP contribution in [0.25, 0.3) is 0 Å². The Balaban J connectivity index is 2.07. The predicted octanol–water partition coefficient (Wildman–Crippen LogP) is 3.45. The van der Waals surface area contributed by atoms with Crippen molar-refractivity contribution < 1.29 is 9.50 Å². The predicted molar refractivity (Wildman–Crippen MR) is 66.6 cm³/mol. The number of phenols is 1. The SMILES string of the molecule is Cc1ccc(O)c(NCc2ccc(F)cc2)c1. The van der Waals surface area contributed by atoms with E-state index in [0.29, 0.717) is 12.2 Å². The number of aryl methyl sites for hydroxylation is 1. The standard InChI is InChI=1S/C14H14FNO/c1-10-2-7-14(17)13(8-10)16-9-11-3-5-12(15)6-4-11/h2-8,16-17H,9H2,1H3. The third-order valence-corrected chi connectivity index (χ3v) is 2.55. The lowest BCUT2D eigenvalue weighted by molar-refractivity contribution is 0.477. The summed E-state index contributed by atoms with van der Waals surface area (Å²) in [7, 11) is 0. The number of hydrogen-bond acceptors (Lipinski definition) is 2. The molecule has 0 aliphatic rings. The molecule has 0 bridgehead atoms. The Kier molecular flexibility index (Phi) is 3.28. The average Bonchev–Trinajstić information content (AvgIpc) is 2.32. The fourth-order valence-electron chi connectivity index (χ4n) is 1.59. The minimum Gasteiger partial charge on any atom is -0.506 e. The van der Waals surface area contributed by atoms with Crippen molar-refractivity contribution >= 4 is 5.69 Å². The van der Waals surface area contributed by atoms with Crippen LogP contribution in [0.3, 0.4) is 0 Å². The van der Waals surface area contributed by atoms with Gasteiger partial charge in [0.2, 0.25) is 0 Å². The molecule has 0 saturated carbocycles. The summed E-state index contributed by atoms with van der Waals surface area (Å²) in [5.41, 5.74) is 2.73. The highest BCUT2D eigenvalue weighted by Crippen LogP contribution is 2.24. The van der Waals surface area contributed by atoms with E-state index in [1.807, 2.05) is 19.1 Å². The van der Waals surface area contributed by atoms with E-state index >= 15 is 0 Å². The van der Waals surface area contributed by atoms with Crippen LogP contribution in [0.1, 0.15) is 11.1 Å². The maximum absolute atomic E-state index is 12.7. The molecular weight excluding hydrogens is 217 g/mol. The maximum Gasteiger partial charge on any atom is 0.138 e. The number of hydrogen-bond donors (Lipinski definition) is 2. The van der Waals surface area contributed by atoms with E-state index in [1.165, 1.54) is 12.1 Å². The Labute approximate surface area is 99.7 Å². The first-order valence-corrected chi connectivity index (χ1v) is 5.43. The zero-order valence-corrected chi connectivity index (χ0v) is 9.57. The van der Waals surface area contributed by atoms with Gasteiger partial charge in [0.05, 0.1) is 5.69 Å². The molecule has 0 amide bonds. The lowest BCUT2D eigenvalue weighted by Crippen LogP contribution is -1.99. The Bertz CT molecular complexity index is 508. The Morgan fingerprint density at radius 3 is 2.53 bits per heavy atom. The van der Waals surface area contributed by atoms with Gasteiger partial charge < -0.3 is 10.4 Å². The van der Waals surface area contributed by atoms with Crippen molar-refractivity contribution in [2.24, 2.45) is 0 Å². The highest BCUT2D eigenvalue weighted by atomic mass is 19.1. The lowest BCUT2D eigenvalue weighted by atomic mass is 10.2. The van der Waals surface area contributed by atoms with Crippen LogP contribution in [-0.2, 0) is 6.54 Å². The van der Waals surface area contributed by atoms with Gasteiger partial charge in [0, 0.05) is 6.54 Å². The van der Waals surface area contributed by atoms with E-state index in [-0.39, 0.29) is 11.6 Å². The topological polar surface area (TPSA) is 32.3 Å². The second-order valence-electron chi connectivity index (χ2n) is 4.00. The molecule has 17 heavy (non-hydrogen) atoms. The molecule has 0 heterocycles. The van der Waals surface area contributed by atoms with E-state index in [2.05, 4.69) is 5.32 Å².